The molecule has 0 amide bonds. The summed E-state index contributed by atoms with van der Waals surface area (Å²) in [6.45, 7) is 3.45. The third-order valence-corrected chi connectivity index (χ3v) is 3.57. The number of nitrogens with one attached hydrogen (secondary N) is 1. The molecule has 0 radical (unpaired) electrons. The molecular formula is C12H24ClNO. The van der Waals surface area contributed by atoms with Gasteiger partial charge in [0.1, 0.15) is 0 Å². The summed E-state index contributed by atoms with van der Waals surface area (Å²) in [7, 11) is 0. The molecule has 0 aromatic carbocycles. The lowest BCUT2D eigenvalue weighted by Crippen LogP contribution is -2.23. The molecule has 2 aliphatic heterocycles. The van der Waals surface area contributed by atoms with Gasteiger partial charge in [-0.15, -0.1) is 12.4 Å². The van der Waals surface area contributed by atoms with E-state index in [9.17, 15) is 0 Å². The van der Waals surface area contributed by atoms with Gasteiger partial charge in [-0.25, -0.2) is 0 Å². The first-order valence-corrected chi connectivity index (χ1v) is 6.27. The molecular weight excluding hydrogens is 210 g/mol. The minimum atomic E-state index is 0. The van der Waals surface area contributed by atoms with Crippen LogP contribution in [0.2, 0.25) is 0 Å². The van der Waals surface area contributed by atoms with E-state index < -0.39 is 0 Å². The second kappa shape index (κ2) is 7.48. The van der Waals surface area contributed by atoms with Gasteiger partial charge in [0.15, 0.2) is 0 Å². The zero-order valence-corrected chi connectivity index (χ0v) is 10.4. The molecule has 0 aliphatic carbocycles. The molecule has 2 atom stereocenters. The molecule has 2 nitrogen and oxygen atoms in total. The SMILES string of the molecule is C1CCC(CC2CCCNCC2)OC1.Cl. The fraction of sp³-hybridized carbons (Fsp3) is 1.00. The van der Waals surface area contributed by atoms with Crippen LogP contribution in [-0.2, 0) is 4.74 Å². The van der Waals surface area contributed by atoms with Crippen molar-refractivity contribution in [1.29, 1.82) is 0 Å². The summed E-state index contributed by atoms with van der Waals surface area (Å²) < 4.78 is 5.80. The molecule has 2 aliphatic rings. The smallest absolute Gasteiger partial charge is 0.0577 e. The van der Waals surface area contributed by atoms with E-state index in [-0.39, 0.29) is 12.4 Å². The number of hydrogen-bond acceptors (Lipinski definition) is 2. The predicted octanol–water partition coefficient (Wildman–Crippen LogP) is 2.76. The Bertz CT molecular complexity index is 152. The molecule has 0 aromatic rings. The van der Waals surface area contributed by atoms with Crippen molar-refractivity contribution in [3.8, 4) is 0 Å². The van der Waals surface area contributed by atoms with Gasteiger partial charge >= 0.3 is 0 Å². The highest BCUT2D eigenvalue weighted by Gasteiger charge is 2.20. The van der Waals surface area contributed by atoms with Gasteiger partial charge in [0.2, 0.25) is 0 Å². The summed E-state index contributed by atoms with van der Waals surface area (Å²) in [6, 6.07) is 0. The zero-order chi connectivity index (χ0) is 9.64. The summed E-state index contributed by atoms with van der Waals surface area (Å²) >= 11 is 0. The van der Waals surface area contributed by atoms with E-state index in [1.807, 2.05) is 0 Å². The van der Waals surface area contributed by atoms with E-state index in [0.717, 1.165) is 12.5 Å². The van der Waals surface area contributed by atoms with Crippen molar-refractivity contribution in [3.63, 3.8) is 0 Å². The van der Waals surface area contributed by atoms with Crippen molar-refractivity contribution >= 4 is 12.4 Å². The second-order valence-corrected chi connectivity index (χ2v) is 4.77. The quantitative estimate of drug-likeness (QED) is 0.792. The van der Waals surface area contributed by atoms with Crippen LogP contribution in [0, 0.1) is 5.92 Å². The van der Waals surface area contributed by atoms with Crippen LogP contribution in [0.5, 0.6) is 0 Å². The van der Waals surface area contributed by atoms with E-state index in [0.29, 0.717) is 6.10 Å². The van der Waals surface area contributed by atoms with E-state index in [4.69, 9.17) is 4.74 Å². The third kappa shape index (κ3) is 4.71. The largest absolute Gasteiger partial charge is 0.378 e. The Morgan fingerprint density at radius 2 is 1.93 bits per heavy atom. The predicted molar refractivity (Wildman–Crippen MR) is 65.7 cm³/mol. The highest BCUT2D eigenvalue weighted by atomic mass is 35.5. The van der Waals surface area contributed by atoms with Crippen LogP contribution in [0.1, 0.15) is 44.9 Å². The van der Waals surface area contributed by atoms with Crippen LogP contribution in [0.25, 0.3) is 0 Å². The lowest BCUT2D eigenvalue weighted by molar-refractivity contribution is 0.000472. The summed E-state index contributed by atoms with van der Waals surface area (Å²) in [5, 5.41) is 3.47. The molecule has 2 heterocycles. The molecule has 2 rings (SSSR count). The van der Waals surface area contributed by atoms with Gasteiger partial charge in [-0.05, 0) is 64.0 Å². The number of halogens is 1. The van der Waals surface area contributed by atoms with E-state index in [1.165, 1.54) is 58.0 Å². The minimum absolute atomic E-state index is 0. The highest BCUT2D eigenvalue weighted by molar-refractivity contribution is 5.85. The van der Waals surface area contributed by atoms with Gasteiger partial charge in [-0.2, -0.15) is 0 Å². The Kier molecular flexibility index (Phi) is 6.62. The molecule has 3 heteroatoms. The van der Waals surface area contributed by atoms with Crippen molar-refractivity contribution < 1.29 is 4.74 Å². The first-order chi connectivity index (χ1) is 6.95. The van der Waals surface area contributed by atoms with Gasteiger partial charge < -0.3 is 10.1 Å². The average Bonchev–Trinajstić information content (AvgIpc) is 2.48. The fourth-order valence-electron chi connectivity index (χ4n) is 2.69. The van der Waals surface area contributed by atoms with Crippen LogP contribution in [0.4, 0.5) is 0 Å². The Morgan fingerprint density at radius 3 is 2.73 bits per heavy atom. The molecule has 2 fully saturated rings. The first-order valence-electron chi connectivity index (χ1n) is 6.27. The van der Waals surface area contributed by atoms with Crippen LogP contribution in [-0.4, -0.2) is 25.8 Å². The lowest BCUT2D eigenvalue weighted by atomic mass is 9.91. The minimum Gasteiger partial charge on any atom is -0.378 e. The molecule has 0 bridgehead atoms. The van der Waals surface area contributed by atoms with Crippen LogP contribution in [0.15, 0.2) is 0 Å². The maximum Gasteiger partial charge on any atom is 0.0577 e. The molecule has 0 spiro atoms. The highest BCUT2D eigenvalue weighted by Crippen LogP contribution is 2.25. The first kappa shape index (κ1) is 13.3. The topological polar surface area (TPSA) is 21.3 Å². The monoisotopic (exact) mass is 233 g/mol. The van der Waals surface area contributed by atoms with Crippen LogP contribution < -0.4 is 5.32 Å². The molecule has 0 aromatic heterocycles. The molecule has 90 valence electrons. The molecule has 0 saturated carbocycles. The third-order valence-electron chi connectivity index (χ3n) is 3.57. The van der Waals surface area contributed by atoms with Gasteiger partial charge in [0.05, 0.1) is 6.10 Å². The molecule has 2 unspecified atom stereocenters. The van der Waals surface area contributed by atoms with E-state index in [1.54, 1.807) is 0 Å². The van der Waals surface area contributed by atoms with Gasteiger partial charge in [0, 0.05) is 6.61 Å². The number of rotatable bonds is 2. The second-order valence-electron chi connectivity index (χ2n) is 4.77. The number of ether oxygens (including phenoxy) is 1. The Balaban J connectivity index is 0.00000112. The van der Waals surface area contributed by atoms with Crippen molar-refractivity contribution in [2.45, 2.75) is 51.0 Å². The van der Waals surface area contributed by atoms with Crippen molar-refractivity contribution in [3.05, 3.63) is 0 Å². The Hall–Kier alpha value is 0.210. The number of hydrogen-bond donors (Lipinski definition) is 1. The Morgan fingerprint density at radius 1 is 1.00 bits per heavy atom. The van der Waals surface area contributed by atoms with Gasteiger partial charge in [-0.3, -0.25) is 0 Å². The van der Waals surface area contributed by atoms with Crippen LogP contribution in [0.3, 0.4) is 0 Å². The van der Waals surface area contributed by atoms with E-state index in [2.05, 4.69) is 5.32 Å². The molecule has 1 N–H and O–H groups in total. The average molecular weight is 234 g/mol. The maximum atomic E-state index is 5.80. The van der Waals surface area contributed by atoms with Crippen molar-refractivity contribution in [1.82, 2.24) is 5.32 Å². The van der Waals surface area contributed by atoms with E-state index >= 15 is 0 Å². The normalized spacial score (nSPS) is 32.8. The summed E-state index contributed by atoms with van der Waals surface area (Å²) in [5.41, 5.74) is 0. The Labute approximate surface area is 99.6 Å². The van der Waals surface area contributed by atoms with Gasteiger partial charge in [-0.1, -0.05) is 0 Å². The van der Waals surface area contributed by atoms with Crippen molar-refractivity contribution in [2.24, 2.45) is 5.92 Å². The molecule has 15 heavy (non-hydrogen) atoms. The van der Waals surface area contributed by atoms with Crippen molar-refractivity contribution in [2.75, 3.05) is 19.7 Å². The maximum absolute atomic E-state index is 5.80. The summed E-state index contributed by atoms with van der Waals surface area (Å²) in [5.74, 6) is 0.924. The zero-order valence-electron chi connectivity index (χ0n) is 9.54. The fourth-order valence-corrected chi connectivity index (χ4v) is 2.69. The standard InChI is InChI=1S/C12H23NO.ClH/c1-2-9-14-12(5-1)10-11-4-3-7-13-8-6-11;/h11-13H,1-10H2;1H. The lowest BCUT2D eigenvalue weighted by Gasteiger charge is -2.26. The van der Waals surface area contributed by atoms with Crippen LogP contribution >= 0.6 is 12.4 Å². The molecule has 2 saturated heterocycles. The van der Waals surface area contributed by atoms with Gasteiger partial charge in [0.25, 0.3) is 0 Å². The summed E-state index contributed by atoms with van der Waals surface area (Å²) in [6.07, 6.45) is 10.0. The summed E-state index contributed by atoms with van der Waals surface area (Å²) in [4.78, 5) is 0.